The van der Waals surface area contributed by atoms with E-state index in [0.29, 0.717) is 5.82 Å². The molecule has 294 valence electrons. The first-order valence-electron chi connectivity index (χ1n) is 21.7. The fraction of sp³-hybridized carbons (Fsp3) is 0.0164. The highest BCUT2D eigenvalue weighted by Gasteiger charge is 2.48. The third-order valence-electron chi connectivity index (χ3n) is 13.0. The Morgan fingerprint density at radius 1 is 0.270 bits per heavy atom. The molecule has 0 atom stereocenters. The monoisotopic (exact) mass is 800 g/mol. The van der Waals surface area contributed by atoms with Gasteiger partial charge in [-0.25, -0.2) is 9.97 Å². The van der Waals surface area contributed by atoms with Crippen molar-refractivity contribution in [1.82, 2.24) is 9.97 Å². The van der Waals surface area contributed by atoms with Crippen molar-refractivity contribution in [3.05, 3.63) is 265 Å². The van der Waals surface area contributed by atoms with Gasteiger partial charge in [0.1, 0.15) is 0 Å². The Bertz CT molecular complexity index is 3430. The molecule has 0 fully saturated rings. The van der Waals surface area contributed by atoms with Gasteiger partial charge in [0, 0.05) is 16.7 Å². The van der Waals surface area contributed by atoms with Crippen molar-refractivity contribution >= 4 is 21.5 Å². The molecule has 0 N–H and O–H groups in total. The minimum Gasteiger partial charge on any atom is -0.228 e. The van der Waals surface area contributed by atoms with Crippen molar-refractivity contribution in [2.75, 3.05) is 0 Å². The van der Waals surface area contributed by atoms with Crippen LogP contribution in [0.4, 0.5) is 0 Å². The molecule has 2 heteroatoms. The Kier molecular flexibility index (Phi) is 8.76. The van der Waals surface area contributed by atoms with Crippen molar-refractivity contribution in [3.63, 3.8) is 0 Å². The lowest BCUT2D eigenvalue weighted by Crippen LogP contribution is -2.29. The molecule has 0 radical (unpaired) electrons. The van der Waals surface area contributed by atoms with Gasteiger partial charge in [0.2, 0.25) is 0 Å². The van der Waals surface area contributed by atoms with Crippen LogP contribution >= 0.6 is 0 Å². The summed E-state index contributed by atoms with van der Waals surface area (Å²) in [4.78, 5) is 10.7. The SMILES string of the molecule is c1ccc(-c2ccc(-c3cc(-c4ccccc4)nc(-c4ccc(-c5cccc6c5C(c5ccccc5)(c5ccccc5)c5c-6ccc6ccccc56)c5ccccc45)n3)cc2)cc1. The molecule has 12 rings (SSSR count). The van der Waals surface area contributed by atoms with Gasteiger partial charge < -0.3 is 0 Å². The second kappa shape index (κ2) is 15.1. The topological polar surface area (TPSA) is 25.8 Å². The average molecular weight is 801 g/mol. The molecule has 0 spiro atoms. The molecule has 0 saturated carbocycles. The van der Waals surface area contributed by atoms with E-state index >= 15 is 0 Å². The van der Waals surface area contributed by atoms with Crippen LogP contribution in [0.1, 0.15) is 22.3 Å². The summed E-state index contributed by atoms with van der Waals surface area (Å²) in [6.07, 6.45) is 0. The van der Waals surface area contributed by atoms with E-state index in [4.69, 9.17) is 9.97 Å². The molecule has 2 nitrogen and oxygen atoms in total. The summed E-state index contributed by atoms with van der Waals surface area (Å²) in [7, 11) is 0. The van der Waals surface area contributed by atoms with Crippen LogP contribution in [0.2, 0.25) is 0 Å². The van der Waals surface area contributed by atoms with Gasteiger partial charge in [0.15, 0.2) is 5.82 Å². The lowest BCUT2D eigenvalue weighted by atomic mass is 9.65. The molecule has 1 aromatic heterocycles. The van der Waals surface area contributed by atoms with Crippen LogP contribution in [0.3, 0.4) is 0 Å². The summed E-state index contributed by atoms with van der Waals surface area (Å²) >= 11 is 0. The molecule has 1 heterocycles. The summed E-state index contributed by atoms with van der Waals surface area (Å²) in [5.74, 6) is 0.696. The van der Waals surface area contributed by atoms with Crippen LogP contribution in [0.15, 0.2) is 243 Å². The van der Waals surface area contributed by atoms with E-state index in [-0.39, 0.29) is 0 Å². The van der Waals surface area contributed by atoms with E-state index in [1.807, 2.05) is 6.07 Å². The Balaban J connectivity index is 1.09. The molecule has 1 aliphatic carbocycles. The standard InChI is InChI=1S/C61H40N2/c1-5-18-41(19-6-1)42-32-34-45(35-33-42)57-40-56(44-21-7-2-8-22-44)62-60(63-57)55-39-38-51(49-28-15-16-29-50(49)55)52-30-17-31-53-54-37-36-43-20-13-14-27-48(43)58(54)61(59(52)53,46-23-9-3-10-24-46)47-25-11-4-12-26-47/h1-40H. The lowest BCUT2D eigenvalue weighted by Gasteiger charge is -2.36. The van der Waals surface area contributed by atoms with Gasteiger partial charge in [0.05, 0.1) is 16.8 Å². The summed E-state index contributed by atoms with van der Waals surface area (Å²) < 4.78 is 0. The fourth-order valence-corrected chi connectivity index (χ4v) is 10.2. The van der Waals surface area contributed by atoms with Crippen LogP contribution in [-0.4, -0.2) is 9.97 Å². The van der Waals surface area contributed by atoms with Gasteiger partial charge in [-0.2, -0.15) is 0 Å². The van der Waals surface area contributed by atoms with Crippen LogP contribution in [0, 0.1) is 0 Å². The summed E-state index contributed by atoms with van der Waals surface area (Å²) in [5, 5.41) is 4.77. The molecule has 0 aliphatic heterocycles. The second-order valence-corrected chi connectivity index (χ2v) is 16.4. The Hall–Kier alpha value is -8.20. The first-order chi connectivity index (χ1) is 31.3. The van der Waals surface area contributed by atoms with Gasteiger partial charge in [0.25, 0.3) is 0 Å². The largest absolute Gasteiger partial charge is 0.228 e. The predicted molar refractivity (Wildman–Crippen MR) is 262 cm³/mol. The molecule has 1 aliphatic rings. The highest BCUT2D eigenvalue weighted by molar-refractivity contribution is 6.08. The lowest BCUT2D eigenvalue weighted by molar-refractivity contribution is 0.777. The maximum atomic E-state index is 5.36. The van der Waals surface area contributed by atoms with E-state index in [1.165, 1.54) is 66.4 Å². The summed E-state index contributed by atoms with van der Waals surface area (Å²) in [6, 6.07) is 87.8. The van der Waals surface area contributed by atoms with E-state index in [2.05, 4.69) is 237 Å². The van der Waals surface area contributed by atoms with E-state index in [9.17, 15) is 0 Å². The Morgan fingerprint density at radius 3 is 1.33 bits per heavy atom. The minimum absolute atomic E-state index is 0.595. The van der Waals surface area contributed by atoms with E-state index < -0.39 is 5.41 Å². The molecule has 10 aromatic carbocycles. The highest BCUT2D eigenvalue weighted by Crippen LogP contribution is 2.60. The van der Waals surface area contributed by atoms with Crippen LogP contribution < -0.4 is 0 Å². The van der Waals surface area contributed by atoms with Gasteiger partial charge in [-0.3, -0.25) is 0 Å². The van der Waals surface area contributed by atoms with Gasteiger partial charge in [-0.15, -0.1) is 0 Å². The molecule has 0 bridgehead atoms. The minimum atomic E-state index is -0.595. The Morgan fingerprint density at radius 2 is 0.698 bits per heavy atom. The van der Waals surface area contributed by atoms with Crippen LogP contribution in [-0.2, 0) is 5.41 Å². The zero-order valence-corrected chi connectivity index (χ0v) is 34.5. The van der Waals surface area contributed by atoms with Gasteiger partial charge >= 0.3 is 0 Å². The van der Waals surface area contributed by atoms with Crippen molar-refractivity contribution in [2.45, 2.75) is 5.41 Å². The molecule has 0 saturated heterocycles. The first-order valence-corrected chi connectivity index (χ1v) is 21.7. The van der Waals surface area contributed by atoms with Crippen molar-refractivity contribution in [2.24, 2.45) is 0 Å². The number of nitrogens with zero attached hydrogens (tertiary/aromatic N) is 2. The maximum Gasteiger partial charge on any atom is 0.161 e. The van der Waals surface area contributed by atoms with Crippen LogP contribution in [0.5, 0.6) is 0 Å². The maximum absolute atomic E-state index is 5.36. The number of hydrogen-bond donors (Lipinski definition) is 0. The molecular weight excluding hydrogens is 761 g/mol. The van der Waals surface area contributed by atoms with E-state index in [1.54, 1.807) is 0 Å². The number of aromatic nitrogens is 2. The molecular formula is C61H40N2. The van der Waals surface area contributed by atoms with Crippen molar-refractivity contribution in [1.29, 1.82) is 0 Å². The van der Waals surface area contributed by atoms with Crippen molar-refractivity contribution < 1.29 is 0 Å². The number of benzene rings is 10. The summed E-state index contributed by atoms with van der Waals surface area (Å²) in [5.41, 5.74) is 16.7. The van der Waals surface area contributed by atoms with Crippen LogP contribution in [0.25, 0.3) is 88.8 Å². The van der Waals surface area contributed by atoms with Gasteiger partial charge in [-0.05, 0) is 89.3 Å². The molecule has 0 amide bonds. The first kappa shape index (κ1) is 36.6. The number of hydrogen-bond acceptors (Lipinski definition) is 2. The van der Waals surface area contributed by atoms with Crippen molar-refractivity contribution in [3.8, 4) is 67.3 Å². The third kappa shape index (κ3) is 5.95. The fourth-order valence-electron chi connectivity index (χ4n) is 10.2. The quantitative estimate of drug-likeness (QED) is 0.160. The zero-order chi connectivity index (χ0) is 41.7. The number of rotatable bonds is 7. The van der Waals surface area contributed by atoms with E-state index in [0.717, 1.165) is 38.9 Å². The zero-order valence-electron chi connectivity index (χ0n) is 34.5. The predicted octanol–water partition coefficient (Wildman–Crippen LogP) is 15.5. The molecule has 11 aromatic rings. The smallest absolute Gasteiger partial charge is 0.161 e. The third-order valence-corrected chi connectivity index (χ3v) is 13.0. The second-order valence-electron chi connectivity index (χ2n) is 16.4. The molecule has 63 heavy (non-hydrogen) atoms. The van der Waals surface area contributed by atoms with Gasteiger partial charge in [-0.1, -0.05) is 231 Å². The normalized spacial score (nSPS) is 12.6. The summed E-state index contributed by atoms with van der Waals surface area (Å²) in [6.45, 7) is 0. The molecule has 0 unspecified atom stereocenters. The average Bonchev–Trinajstić information content (AvgIpc) is 3.69. The Labute approximate surface area is 367 Å². The highest BCUT2D eigenvalue weighted by atomic mass is 14.9. The number of fused-ring (bicyclic) bond motifs is 6.